The maximum absolute atomic E-state index is 12.6. The fourth-order valence-corrected chi connectivity index (χ4v) is 4.74. The molecule has 0 bridgehead atoms. The summed E-state index contributed by atoms with van der Waals surface area (Å²) in [7, 11) is -3.33. The van der Waals surface area contributed by atoms with Crippen molar-refractivity contribution >= 4 is 10.0 Å². The highest BCUT2D eigenvalue weighted by molar-refractivity contribution is 7.89. The van der Waals surface area contributed by atoms with Gasteiger partial charge in [-0.25, -0.2) is 8.42 Å². The standard InChI is InChI=1S/C16H24N2O3S/c19-22(20,16-7-2-1-3-8-16)18-11-9-17(10-12-18)14-15-6-4-5-13-21-15/h1-3,7-8,15H,4-6,9-14H2/p+1/t15-/m0/s1. The minimum atomic E-state index is -3.33. The molecule has 2 saturated heterocycles. The SMILES string of the molecule is O=S(=O)(c1ccccc1)N1CC[NH+](C[C@@H]2CCCCO2)CC1. The Bertz CT molecular complexity index is 562. The van der Waals surface area contributed by atoms with Crippen molar-refractivity contribution in [2.24, 2.45) is 0 Å². The van der Waals surface area contributed by atoms with Crippen LogP contribution < -0.4 is 4.90 Å². The molecule has 0 saturated carbocycles. The van der Waals surface area contributed by atoms with Crippen LogP contribution >= 0.6 is 0 Å². The number of nitrogens with zero attached hydrogens (tertiary/aromatic N) is 1. The normalized spacial score (nSPS) is 25.2. The summed E-state index contributed by atoms with van der Waals surface area (Å²) in [5.41, 5.74) is 0. The Morgan fingerprint density at radius 3 is 2.50 bits per heavy atom. The predicted octanol–water partition coefficient (Wildman–Crippen LogP) is 0.145. The molecule has 22 heavy (non-hydrogen) atoms. The minimum absolute atomic E-state index is 0.362. The summed E-state index contributed by atoms with van der Waals surface area (Å²) in [6, 6.07) is 8.73. The number of ether oxygens (including phenoxy) is 1. The first kappa shape index (κ1) is 15.9. The number of benzene rings is 1. The summed E-state index contributed by atoms with van der Waals surface area (Å²) in [6.07, 6.45) is 3.94. The Balaban J connectivity index is 1.55. The second-order valence-corrected chi connectivity index (χ2v) is 8.10. The van der Waals surface area contributed by atoms with Gasteiger partial charge in [0.15, 0.2) is 0 Å². The molecule has 0 radical (unpaired) electrons. The zero-order valence-electron chi connectivity index (χ0n) is 12.9. The number of hydrogen-bond acceptors (Lipinski definition) is 3. The van der Waals surface area contributed by atoms with Crippen molar-refractivity contribution in [1.82, 2.24) is 4.31 Å². The van der Waals surface area contributed by atoms with Gasteiger partial charge in [-0.2, -0.15) is 4.31 Å². The number of quaternary nitrogens is 1. The van der Waals surface area contributed by atoms with E-state index in [-0.39, 0.29) is 0 Å². The summed E-state index contributed by atoms with van der Waals surface area (Å²) in [5, 5.41) is 0. The molecule has 1 N–H and O–H groups in total. The van der Waals surface area contributed by atoms with Gasteiger partial charge in [-0.1, -0.05) is 18.2 Å². The van der Waals surface area contributed by atoms with Crippen LogP contribution in [0.4, 0.5) is 0 Å². The maximum Gasteiger partial charge on any atom is 0.243 e. The van der Waals surface area contributed by atoms with Gasteiger partial charge in [0.25, 0.3) is 0 Å². The highest BCUT2D eigenvalue weighted by atomic mass is 32.2. The quantitative estimate of drug-likeness (QED) is 0.857. The number of nitrogens with one attached hydrogen (secondary N) is 1. The third kappa shape index (κ3) is 3.68. The van der Waals surface area contributed by atoms with Crippen LogP contribution in [0, 0.1) is 0 Å². The first-order valence-electron chi connectivity index (χ1n) is 8.16. The summed E-state index contributed by atoms with van der Waals surface area (Å²) in [4.78, 5) is 1.86. The highest BCUT2D eigenvalue weighted by Crippen LogP contribution is 2.15. The lowest BCUT2D eigenvalue weighted by Gasteiger charge is -2.34. The molecule has 1 aromatic carbocycles. The van der Waals surface area contributed by atoms with Gasteiger partial charge in [0.05, 0.1) is 31.1 Å². The van der Waals surface area contributed by atoms with E-state index in [9.17, 15) is 8.42 Å². The van der Waals surface area contributed by atoms with Gasteiger partial charge < -0.3 is 9.64 Å². The third-order valence-corrected chi connectivity index (χ3v) is 6.51. The van der Waals surface area contributed by atoms with Crippen LogP contribution in [0.3, 0.4) is 0 Å². The van der Waals surface area contributed by atoms with E-state index in [1.54, 1.807) is 28.6 Å². The lowest BCUT2D eigenvalue weighted by Crippen LogP contribution is -3.15. The molecular formula is C16H25N2O3S+. The average molecular weight is 325 g/mol. The number of piperazine rings is 1. The summed E-state index contributed by atoms with van der Waals surface area (Å²) in [6.45, 7) is 4.82. The van der Waals surface area contributed by atoms with Gasteiger partial charge in [-0.15, -0.1) is 0 Å². The zero-order chi connectivity index (χ0) is 15.4. The highest BCUT2D eigenvalue weighted by Gasteiger charge is 2.31. The molecule has 0 aliphatic carbocycles. The van der Waals surface area contributed by atoms with Crippen LogP contribution in [-0.2, 0) is 14.8 Å². The van der Waals surface area contributed by atoms with Gasteiger partial charge >= 0.3 is 0 Å². The minimum Gasteiger partial charge on any atom is -0.372 e. The van der Waals surface area contributed by atoms with Crippen LogP contribution in [0.25, 0.3) is 0 Å². The van der Waals surface area contributed by atoms with Crippen molar-refractivity contribution < 1.29 is 18.1 Å². The zero-order valence-corrected chi connectivity index (χ0v) is 13.7. The fraction of sp³-hybridized carbons (Fsp3) is 0.625. The molecule has 2 fully saturated rings. The molecule has 2 aliphatic heterocycles. The Hall–Kier alpha value is -0.950. The second kappa shape index (κ2) is 7.08. The van der Waals surface area contributed by atoms with E-state index >= 15 is 0 Å². The molecule has 5 nitrogen and oxygen atoms in total. The van der Waals surface area contributed by atoms with Gasteiger partial charge in [-0.05, 0) is 31.4 Å². The molecule has 3 rings (SSSR count). The first-order chi connectivity index (χ1) is 10.7. The van der Waals surface area contributed by atoms with E-state index in [0.29, 0.717) is 24.1 Å². The van der Waals surface area contributed by atoms with Gasteiger partial charge in [0.2, 0.25) is 10.0 Å². The number of sulfonamides is 1. The van der Waals surface area contributed by atoms with Crippen LogP contribution in [0.5, 0.6) is 0 Å². The van der Waals surface area contributed by atoms with Gasteiger partial charge in [0, 0.05) is 6.61 Å². The van der Waals surface area contributed by atoms with Crippen molar-refractivity contribution in [3.8, 4) is 0 Å². The lowest BCUT2D eigenvalue weighted by molar-refractivity contribution is -0.907. The summed E-state index contributed by atoms with van der Waals surface area (Å²) >= 11 is 0. The Morgan fingerprint density at radius 1 is 1.14 bits per heavy atom. The van der Waals surface area contributed by atoms with Crippen LogP contribution in [0.1, 0.15) is 19.3 Å². The van der Waals surface area contributed by atoms with E-state index in [4.69, 9.17) is 4.74 Å². The van der Waals surface area contributed by atoms with Crippen LogP contribution in [0.2, 0.25) is 0 Å². The smallest absolute Gasteiger partial charge is 0.243 e. The van der Waals surface area contributed by atoms with Crippen molar-refractivity contribution in [2.45, 2.75) is 30.3 Å². The van der Waals surface area contributed by atoms with E-state index in [2.05, 4.69) is 0 Å². The maximum atomic E-state index is 12.6. The molecule has 1 aromatic rings. The largest absolute Gasteiger partial charge is 0.372 e. The van der Waals surface area contributed by atoms with E-state index in [0.717, 1.165) is 32.7 Å². The molecule has 0 unspecified atom stereocenters. The average Bonchev–Trinajstić information content (AvgIpc) is 2.57. The van der Waals surface area contributed by atoms with Crippen molar-refractivity contribution in [3.05, 3.63) is 30.3 Å². The Kier molecular flexibility index (Phi) is 5.13. The van der Waals surface area contributed by atoms with Gasteiger partial charge in [0.1, 0.15) is 12.6 Å². The topological polar surface area (TPSA) is 51.0 Å². The molecule has 0 amide bonds. The molecule has 122 valence electrons. The van der Waals surface area contributed by atoms with E-state index < -0.39 is 10.0 Å². The Morgan fingerprint density at radius 2 is 1.86 bits per heavy atom. The summed E-state index contributed by atoms with van der Waals surface area (Å²) in [5.74, 6) is 0. The van der Waals surface area contributed by atoms with Crippen LogP contribution in [-0.4, -0.2) is 58.2 Å². The number of rotatable bonds is 4. The molecule has 6 heteroatoms. The monoisotopic (exact) mass is 325 g/mol. The second-order valence-electron chi connectivity index (χ2n) is 6.16. The molecule has 2 heterocycles. The molecule has 0 aromatic heterocycles. The van der Waals surface area contributed by atoms with Gasteiger partial charge in [-0.3, -0.25) is 0 Å². The predicted molar refractivity (Wildman–Crippen MR) is 84.4 cm³/mol. The molecule has 2 aliphatic rings. The third-order valence-electron chi connectivity index (χ3n) is 4.60. The summed E-state index contributed by atoms with van der Waals surface area (Å²) < 4.78 is 32.6. The van der Waals surface area contributed by atoms with E-state index in [1.165, 1.54) is 17.7 Å². The number of hydrogen-bond donors (Lipinski definition) is 1. The van der Waals surface area contributed by atoms with Crippen LogP contribution in [0.15, 0.2) is 35.2 Å². The van der Waals surface area contributed by atoms with Crippen molar-refractivity contribution in [1.29, 1.82) is 0 Å². The van der Waals surface area contributed by atoms with Crippen molar-refractivity contribution in [2.75, 3.05) is 39.3 Å². The first-order valence-corrected chi connectivity index (χ1v) is 9.60. The molecule has 0 spiro atoms. The molecular weight excluding hydrogens is 300 g/mol. The Labute approximate surface area is 132 Å². The molecule has 1 atom stereocenters. The fourth-order valence-electron chi connectivity index (χ4n) is 3.28. The van der Waals surface area contributed by atoms with Crippen molar-refractivity contribution in [3.63, 3.8) is 0 Å². The van der Waals surface area contributed by atoms with E-state index in [1.807, 2.05) is 6.07 Å². The lowest BCUT2D eigenvalue weighted by atomic mass is 10.1.